The van der Waals surface area contributed by atoms with E-state index in [1.165, 1.54) is 0 Å². The minimum atomic E-state index is -0.137. The highest BCUT2D eigenvalue weighted by molar-refractivity contribution is 5.88. The first-order valence-corrected chi connectivity index (χ1v) is 6.90. The van der Waals surface area contributed by atoms with Gasteiger partial charge in [0.2, 0.25) is 5.91 Å². The number of methoxy groups -OCH3 is 1. The van der Waals surface area contributed by atoms with Crippen molar-refractivity contribution in [1.29, 1.82) is 0 Å². The van der Waals surface area contributed by atoms with Crippen LogP contribution < -0.4 is 15.6 Å². The number of nitrogens with one attached hydrogen (secondary N) is 2. The molecule has 1 aromatic heterocycles. The number of hydrogen-bond acceptors (Lipinski definition) is 4. The molecule has 0 atom stereocenters. The van der Waals surface area contributed by atoms with E-state index in [0.29, 0.717) is 5.58 Å². The van der Waals surface area contributed by atoms with Gasteiger partial charge in [0.25, 0.3) is 0 Å². The Kier molecular flexibility index (Phi) is 3.96. The molecule has 0 fully saturated rings. The number of hydrogen-bond donors (Lipinski definition) is 2. The Morgan fingerprint density at radius 3 is 2.77 bits per heavy atom. The molecular formula is C17H16N2O3. The number of amides is 1. The minimum Gasteiger partial charge on any atom is -0.497 e. The zero-order valence-corrected chi connectivity index (χ0v) is 12.1. The highest BCUT2D eigenvalue weighted by Crippen LogP contribution is 2.25. The fourth-order valence-electron chi connectivity index (χ4n) is 2.21. The Morgan fingerprint density at radius 1 is 1.18 bits per heavy atom. The lowest BCUT2D eigenvalue weighted by molar-refractivity contribution is -0.119. The van der Waals surface area contributed by atoms with Crippen LogP contribution in [0.5, 0.6) is 5.75 Å². The fraction of sp³-hybridized carbons (Fsp3) is 0.118. The van der Waals surface area contributed by atoms with E-state index in [1.807, 2.05) is 42.5 Å². The summed E-state index contributed by atoms with van der Waals surface area (Å²) in [4.78, 5) is 12.0. The van der Waals surface area contributed by atoms with Crippen molar-refractivity contribution in [2.24, 2.45) is 0 Å². The summed E-state index contributed by atoms with van der Waals surface area (Å²) in [5.74, 6) is 0.589. The molecule has 0 saturated carbocycles. The zero-order valence-electron chi connectivity index (χ0n) is 12.1. The highest BCUT2D eigenvalue weighted by atomic mass is 16.5. The number of ether oxygens (including phenoxy) is 1. The lowest BCUT2D eigenvalue weighted by Gasteiger charge is -2.07. The number of carbonyl (C=O) groups excluding carboxylic acids is 1. The van der Waals surface area contributed by atoms with Gasteiger partial charge < -0.3 is 9.15 Å². The maximum atomic E-state index is 12.0. The zero-order chi connectivity index (χ0) is 15.4. The van der Waals surface area contributed by atoms with Gasteiger partial charge in [-0.1, -0.05) is 18.2 Å². The van der Waals surface area contributed by atoms with Gasteiger partial charge in [0.1, 0.15) is 11.3 Å². The molecule has 22 heavy (non-hydrogen) atoms. The average molecular weight is 296 g/mol. The summed E-state index contributed by atoms with van der Waals surface area (Å²) in [5, 5.41) is 0.913. The number of fused-ring (bicyclic) bond motifs is 1. The Hall–Kier alpha value is -2.95. The number of para-hydroxylation sites is 1. The molecule has 112 valence electrons. The van der Waals surface area contributed by atoms with Gasteiger partial charge in [0.15, 0.2) is 0 Å². The molecule has 0 aliphatic carbocycles. The summed E-state index contributed by atoms with van der Waals surface area (Å²) in [6.45, 7) is 0. The van der Waals surface area contributed by atoms with E-state index in [1.54, 1.807) is 19.4 Å². The van der Waals surface area contributed by atoms with E-state index < -0.39 is 0 Å². The van der Waals surface area contributed by atoms with Crippen molar-refractivity contribution < 1.29 is 13.9 Å². The van der Waals surface area contributed by atoms with Crippen molar-refractivity contribution >= 4 is 22.6 Å². The van der Waals surface area contributed by atoms with Crippen LogP contribution in [0.1, 0.15) is 5.56 Å². The van der Waals surface area contributed by atoms with Gasteiger partial charge in [-0.2, -0.15) is 0 Å². The van der Waals surface area contributed by atoms with Crippen LogP contribution in [0.2, 0.25) is 0 Å². The summed E-state index contributed by atoms with van der Waals surface area (Å²) >= 11 is 0. The van der Waals surface area contributed by atoms with Crippen LogP contribution in [0.15, 0.2) is 59.2 Å². The third-order valence-electron chi connectivity index (χ3n) is 3.33. The van der Waals surface area contributed by atoms with Crippen LogP contribution in [0.4, 0.5) is 5.69 Å². The number of carbonyl (C=O) groups is 1. The van der Waals surface area contributed by atoms with Gasteiger partial charge in [0, 0.05) is 17.0 Å². The largest absolute Gasteiger partial charge is 0.497 e. The number of hydrazine groups is 1. The molecule has 0 unspecified atom stereocenters. The van der Waals surface area contributed by atoms with Crippen molar-refractivity contribution in [3.05, 3.63) is 60.4 Å². The molecule has 0 radical (unpaired) electrons. The SMILES string of the molecule is COc1ccc2c(CC(=O)NNc3ccccc3)coc2c1. The topological polar surface area (TPSA) is 63.5 Å². The van der Waals surface area contributed by atoms with Crippen molar-refractivity contribution in [3.63, 3.8) is 0 Å². The second kappa shape index (κ2) is 6.22. The number of furan rings is 1. The minimum absolute atomic E-state index is 0.137. The third-order valence-corrected chi connectivity index (χ3v) is 3.33. The van der Waals surface area contributed by atoms with Gasteiger partial charge in [-0.05, 0) is 24.3 Å². The summed E-state index contributed by atoms with van der Waals surface area (Å²) in [6.07, 6.45) is 1.84. The van der Waals surface area contributed by atoms with Crippen molar-refractivity contribution in [1.82, 2.24) is 5.43 Å². The van der Waals surface area contributed by atoms with Crippen LogP contribution in [-0.2, 0) is 11.2 Å². The fourth-order valence-corrected chi connectivity index (χ4v) is 2.21. The van der Waals surface area contributed by atoms with Crippen LogP contribution in [-0.4, -0.2) is 13.0 Å². The predicted molar refractivity (Wildman–Crippen MR) is 84.7 cm³/mol. The van der Waals surface area contributed by atoms with Crippen LogP contribution in [0.3, 0.4) is 0 Å². The summed E-state index contributed by atoms with van der Waals surface area (Å²) < 4.78 is 10.6. The van der Waals surface area contributed by atoms with E-state index in [0.717, 1.165) is 22.4 Å². The molecule has 0 bridgehead atoms. The number of anilines is 1. The van der Waals surface area contributed by atoms with Crippen LogP contribution >= 0.6 is 0 Å². The van der Waals surface area contributed by atoms with Gasteiger partial charge in [0.05, 0.1) is 25.5 Å². The lowest BCUT2D eigenvalue weighted by Crippen LogP contribution is -2.30. The normalized spacial score (nSPS) is 10.4. The molecule has 2 aromatic carbocycles. The molecule has 0 spiro atoms. The molecule has 5 heteroatoms. The van der Waals surface area contributed by atoms with Crippen molar-refractivity contribution in [2.45, 2.75) is 6.42 Å². The molecule has 0 aliphatic rings. The Bertz CT molecular complexity index is 781. The number of rotatable bonds is 5. The second-order valence-electron chi connectivity index (χ2n) is 4.84. The number of benzene rings is 2. The van der Waals surface area contributed by atoms with E-state index in [9.17, 15) is 4.79 Å². The molecule has 2 N–H and O–H groups in total. The van der Waals surface area contributed by atoms with Gasteiger partial charge >= 0.3 is 0 Å². The van der Waals surface area contributed by atoms with Crippen molar-refractivity contribution in [3.8, 4) is 5.75 Å². The van der Waals surface area contributed by atoms with E-state index in [2.05, 4.69) is 10.9 Å². The smallest absolute Gasteiger partial charge is 0.242 e. The monoisotopic (exact) mass is 296 g/mol. The first-order valence-electron chi connectivity index (χ1n) is 6.90. The maximum absolute atomic E-state index is 12.0. The lowest BCUT2D eigenvalue weighted by atomic mass is 10.1. The van der Waals surface area contributed by atoms with Gasteiger partial charge in [-0.3, -0.25) is 15.6 Å². The molecule has 5 nitrogen and oxygen atoms in total. The molecule has 0 saturated heterocycles. The second-order valence-corrected chi connectivity index (χ2v) is 4.84. The molecule has 0 aliphatic heterocycles. The standard InChI is InChI=1S/C17H16N2O3/c1-21-14-7-8-15-12(11-22-16(15)10-14)9-17(20)19-18-13-5-3-2-4-6-13/h2-8,10-11,18H,9H2,1H3,(H,19,20). The van der Waals surface area contributed by atoms with E-state index in [4.69, 9.17) is 9.15 Å². The Labute approximate surface area is 127 Å². The van der Waals surface area contributed by atoms with Crippen LogP contribution in [0.25, 0.3) is 11.0 Å². The highest BCUT2D eigenvalue weighted by Gasteiger charge is 2.11. The Morgan fingerprint density at radius 2 is 2.00 bits per heavy atom. The average Bonchev–Trinajstić information content (AvgIpc) is 2.96. The molecular weight excluding hydrogens is 280 g/mol. The maximum Gasteiger partial charge on any atom is 0.242 e. The van der Waals surface area contributed by atoms with Gasteiger partial charge in [-0.25, -0.2) is 0 Å². The molecule has 3 rings (SSSR count). The van der Waals surface area contributed by atoms with E-state index >= 15 is 0 Å². The van der Waals surface area contributed by atoms with E-state index in [-0.39, 0.29) is 12.3 Å². The first kappa shape index (κ1) is 14.0. The third kappa shape index (κ3) is 3.03. The molecule has 3 aromatic rings. The first-order chi connectivity index (χ1) is 10.8. The predicted octanol–water partition coefficient (Wildman–Crippen LogP) is 3.13. The Balaban J connectivity index is 1.66. The summed E-state index contributed by atoms with van der Waals surface area (Å²) in [5.41, 5.74) is 7.92. The summed E-state index contributed by atoms with van der Waals surface area (Å²) in [6, 6.07) is 15.0. The summed E-state index contributed by atoms with van der Waals surface area (Å²) in [7, 11) is 1.60. The quantitative estimate of drug-likeness (QED) is 0.710. The molecule has 1 amide bonds. The van der Waals surface area contributed by atoms with Crippen LogP contribution in [0, 0.1) is 0 Å². The molecule has 1 heterocycles. The van der Waals surface area contributed by atoms with Crippen molar-refractivity contribution in [2.75, 3.05) is 12.5 Å². The van der Waals surface area contributed by atoms with Gasteiger partial charge in [-0.15, -0.1) is 0 Å².